The molecule has 0 saturated carbocycles. The molecular weight excluding hydrogens is 258 g/mol. The summed E-state index contributed by atoms with van der Waals surface area (Å²) in [6, 6.07) is 5.98. The average molecular weight is 292 g/mol. The lowest BCUT2D eigenvalue weighted by Crippen LogP contribution is -2.42. The standard InChI is InChI=1S/C19H34NO/c1-2-3-4-5-6-7-8-9-10-11-12-16-19-21-20-17-14-13-15-18-20/h13-15,17-18H,2-12,16,19H2,1H3/q+1. The second-order valence-electron chi connectivity index (χ2n) is 5.96. The number of unbranched alkanes of at least 4 members (excludes halogenated alkanes) is 11. The lowest BCUT2D eigenvalue weighted by Gasteiger charge is -2.02. The van der Waals surface area contributed by atoms with E-state index in [0.29, 0.717) is 0 Å². The minimum Gasteiger partial charge on any atom is -0.271 e. The van der Waals surface area contributed by atoms with Crippen LogP contribution >= 0.6 is 0 Å². The normalized spacial score (nSPS) is 10.7. The highest BCUT2D eigenvalue weighted by atomic mass is 16.7. The highest BCUT2D eigenvalue weighted by molar-refractivity contribution is 4.83. The van der Waals surface area contributed by atoms with Crippen LogP contribution in [0.5, 0.6) is 0 Å². The van der Waals surface area contributed by atoms with Crippen molar-refractivity contribution in [3.8, 4) is 0 Å². The first kappa shape index (κ1) is 18.0. The van der Waals surface area contributed by atoms with E-state index in [9.17, 15) is 0 Å². The van der Waals surface area contributed by atoms with E-state index in [1.807, 2.05) is 30.6 Å². The molecule has 1 aromatic heterocycles. The van der Waals surface area contributed by atoms with E-state index in [2.05, 4.69) is 6.92 Å². The molecule has 1 aromatic rings. The van der Waals surface area contributed by atoms with Crippen molar-refractivity contribution in [2.45, 2.75) is 84.0 Å². The molecule has 0 bridgehead atoms. The van der Waals surface area contributed by atoms with Gasteiger partial charge in [0.2, 0.25) is 12.4 Å². The molecule has 0 atom stereocenters. The van der Waals surface area contributed by atoms with Crippen molar-refractivity contribution in [1.82, 2.24) is 0 Å². The van der Waals surface area contributed by atoms with Gasteiger partial charge in [-0.15, -0.1) is 0 Å². The molecule has 2 heteroatoms. The monoisotopic (exact) mass is 292 g/mol. The van der Waals surface area contributed by atoms with Crippen LogP contribution in [0.4, 0.5) is 0 Å². The zero-order valence-corrected chi connectivity index (χ0v) is 13.9. The van der Waals surface area contributed by atoms with E-state index < -0.39 is 0 Å². The Morgan fingerprint density at radius 1 is 0.619 bits per heavy atom. The Morgan fingerprint density at radius 2 is 1.10 bits per heavy atom. The molecule has 0 fully saturated rings. The van der Waals surface area contributed by atoms with Crippen molar-refractivity contribution in [1.29, 1.82) is 0 Å². The number of rotatable bonds is 14. The van der Waals surface area contributed by atoms with Crippen LogP contribution < -0.4 is 9.57 Å². The van der Waals surface area contributed by atoms with Gasteiger partial charge in [-0.2, -0.15) is 0 Å². The molecule has 0 amide bonds. The SMILES string of the molecule is CCCCCCCCCCCCCCO[n+]1ccccc1. The van der Waals surface area contributed by atoms with Crippen molar-refractivity contribution in [3.63, 3.8) is 0 Å². The van der Waals surface area contributed by atoms with Gasteiger partial charge in [-0.3, -0.25) is 4.84 Å². The molecule has 120 valence electrons. The topological polar surface area (TPSA) is 13.1 Å². The van der Waals surface area contributed by atoms with Gasteiger partial charge in [0.25, 0.3) is 0 Å². The van der Waals surface area contributed by atoms with Gasteiger partial charge in [0.1, 0.15) is 0 Å². The van der Waals surface area contributed by atoms with Gasteiger partial charge in [0, 0.05) is 16.9 Å². The summed E-state index contributed by atoms with van der Waals surface area (Å²) in [6.45, 7) is 3.11. The fraction of sp³-hybridized carbons (Fsp3) is 0.737. The van der Waals surface area contributed by atoms with Gasteiger partial charge in [0.15, 0.2) is 6.61 Å². The predicted octanol–water partition coefficient (Wildman–Crippen LogP) is 5.10. The summed E-state index contributed by atoms with van der Waals surface area (Å²) < 4.78 is 1.79. The minimum absolute atomic E-state index is 0.826. The first-order valence-corrected chi connectivity index (χ1v) is 9.03. The van der Waals surface area contributed by atoms with Gasteiger partial charge >= 0.3 is 0 Å². The van der Waals surface area contributed by atoms with E-state index in [-0.39, 0.29) is 0 Å². The third-order valence-electron chi connectivity index (χ3n) is 3.93. The van der Waals surface area contributed by atoms with E-state index >= 15 is 0 Å². The smallest absolute Gasteiger partial charge is 0.222 e. The second kappa shape index (κ2) is 13.9. The molecule has 0 aliphatic carbocycles. The molecule has 0 spiro atoms. The minimum atomic E-state index is 0.826. The second-order valence-corrected chi connectivity index (χ2v) is 5.96. The molecule has 0 radical (unpaired) electrons. The maximum absolute atomic E-state index is 5.61. The van der Waals surface area contributed by atoms with E-state index in [1.165, 1.54) is 77.0 Å². The zero-order valence-electron chi connectivity index (χ0n) is 13.9. The van der Waals surface area contributed by atoms with Gasteiger partial charge < -0.3 is 0 Å². The molecule has 0 unspecified atom stereocenters. The van der Waals surface area contributed by atoms with Crippen LogP contribution in [-0.4, -0.2) is 6.61 Å². The number of aromatic nitrogens is 1. The first-order valence-electron chi connectivity index (χ1n) is 9.03. The van der Waals surface area contributed by atoms with Crippen LogP contribution in [0, 0.1) is 0 Å². The Hall–Kier alpha value is -1.05. The molecule has 0 aliphatic heterocycles. The highest BCUT2D eigenvalue weighted by Crippen LogP contribution is 2.11. The number of pyridine rings is 1. The summed E-state index contributed by atoms with van der Waals surface area (Å²) in [5, 5.41) is 0. The average Bonchev–Trinajstić information content (AvgIpc) is 2.53. The van der Waals surface area contributed by atoms with Crippen LogP contribution in [0.2, 0.25) is 0 Å². The van der Waals surface area contributed by atoms with Crippen molar-refractivity contribution in [3.05, 3.63) is 30.6 Å². The van der Waals surface area contributed by atoms with E-state index in [1.54, 1.807) is 4.73 Å². The van der Waals surface area contributed by atoms with E-state index in [0.717, 1.165) is 6.61 Å². The van der Waals surface area contributed by atoms with Crippen LogP contribution in [-0.2, 0) is 0 Å². The number of nitrogens with zero attached hydrogens (tertiary/aromatic N) is 1. The van der Waals surface area contributed by atoms with Gasteiger partial charge in [0.05, 0.1) is 0 Å². The summed E-state index contributed by atoms with van der Waals surface area (Å²) in [5.74, 6) is 0. The van der Waals surface area contributed by atoms with E-state index in [4.69, 9.17) is 4.84 Å². The molecule has 0 aliphatic rings. The molecule has 21 heavy (non-hydrogen) atoms. The van der Waals surface area contributed by atoms with Gasteiger partial charge in [-0.05, 0) is 12.8 Å². The summed E-state index contributed by atoms with van der Waals surface area (Å²) in [4.78, 5) is 5.61. The third kappa shape index (κ3) is 11.3. The fourth-order valence-corrected chi connectivity index (χ4v) is 2.58. The van der Waals surface area contributed by atoms with Gasteiger partial charge in [-0.25, -0.2) is 0 Å². The fourth-order valence-electron chi connectivity index (χ4n) is 2.58. The summed E-state index contributed by atoms with van der Waals surface area (Å²) >= 11 is 0. The largest absolute Gasteiger partial charge is 0.271 e. The molecular formula is C19H34NO+. The van der Waals surface area contributed by atoms with Crippen LogP contribution in [0.25, 0.3) is 0 Å². The van der Waals surface area contributed by atoms with Crippen LogP contribution in [0.3, 0.4) is 0 Å². The molecule has 1 heterocycles. The summed E-state index contributed by atoms with van der Waals surface area (Å²) in [7, 11) is 0. The Kier molecular flexibility index (Phi) is 11.9. The Bertz CT molecular complexity index is 313. The maximum atomic E-state index is 5.61. The number of hydrogen-bond donors (Lipinski definition) is 0. The highest BCUT2D eigenvalue weighted by Gasteiger charge is 1.98. The summed E-state index contributed by atoms with van der Waals surface area (Å²) in [6.07, 6.45) is 20.5. The van der Waals surface area contributed by atoms with Crippen LogP contribution in [0.1, 0.15) is 84.0 Å². The number of hydrogen-bond acceptors (Lipinski definition) is 1. The molecule has 2 nitrogen and oxygen atoms in total. The molecule has 0 saturated heterocycles. The lowest BCUT2D eigenvalue weighted by atomic mass is 10.1. The van der Waals surface area contributed by atoms with Gasteiger partial charge in [-0.1, -0.05) is 77.2 Å². The zero-order chi connectivity index (χ0) is 15.0. The Morgan fingerprint density at radius 3 is 1.62 bits per heavy atom. The quantitative estimate of drug-likeness (QED) is 0.343. The van der Waals surface area contributed by atoms with Crippen molar-refractivity contribution < 1.29 is 9.57 Å². The lowest BCUT2D eigenvalue weighted by molar-refractivity contribution is -0.891. The molecule has 0 N–H and O–H groups in total. The molecule has 1 rings (SSSR count). The maximum Gasteiger partial charge on any atom is 0.222 e. The third-order valence-corrected chi connectivity index (χ3v) is 3.93. The Labute approximate surface area is 131 Å². The van der Waals surface area contributed by atoms with Crippen molar-refractivity contribution >= 4 is 0 Å². The summed E-state index contributed by atoms with van der Waals surface area (Å²) in [5.41, 5.74) is 0. The Balaban J connectivity index is 1.75. The first-order chi connectivity index (χ1) is 10.4. The van der Waals surface area contributed by atoms with Crippen molar-refractivity contribution in [2.24, 2.45) is 0 Å². The predicted molar refractivity (Wildman–Crippen MR) is 89.2 cm³/mol. The molecule has 0 aromatic carbocycles. The van der Waals surface area contributed by atoms with Crippen molar-refractivity contribution in [2.75, 3.05) is 6.61 Å². The van der Waals surface area contributed by atoms with Crippen LogP contribution in [0.15, 0.2) is 30.6 Å².